The molecule has 1 spiro atoms. The summed E-state index contributed by atoms with van der Waals surface area (Å²) >= 11 is 0. The summed E-state index contributed by atoms with van der Waals surface area (Å²) in [6.07, 6.45) is 11.4. The van der Waals surface area contributed by atoms with Gasteiger partial charge >= 0.3 is 5.97 Å². The molecule has 7 nitrogen and oxygen atoms in total. The van der Waals surface area contributed by atoms with Crippen LogP contribution in [0, 0.1) is 40.4 Å². The maximum absolute atomic E-state index is 14.6. The normalized spacial score (nSPS) is 44.8. The van der Waals surface area contributed by atoms with Crippen LogP contribution in [0.3, 0.4) is 0 Å². The van der Waals surface area contributed by atoms with Crippen LogP contribution in [-0.2, 0) is 28.5 Å². The van der Waals surface area contributed by atoms with Crippen LogP contribution in [0.25, 0.3) is 5.57 Å². The molecule has 0 amide bonds. The van der Waals surface area contributed by atoms with Gasteiger partial charge in [0.25, 0.3) is 0 Å². The molecule has 0 N–H and O–H groups in total. The van der Waals surface area contributed by atoms with Crippen LogP contribution in [0.15, 0.2) is 41.7 Å². The summed E-state index contributed by atoms with van der Waals surface area (Å²) < 4.78 is 24.1. The molecule has 1 aromatic rings. The largest absolute Gasteiger partial charge is 0.458 e. The molecule has 42 heavy (non-hydrogen) atoms. The number of nitrogens with zero attached hydrogens (tertiary/aromatic N) is 1. The minimum atomic E-state index is -0.641. The third kappa shape index (κ3) is 3.65. The molecule has 0 unspecified atom stereocenters. The highest BCUT2D eigenvalue weighted by Gasteiger charge is 2.81. The SMILES string of the molecule is COCC1=C(C)C[C@H]([C@@H](C)[C@H]2CC[C@H]3[C@@H]4C[C@H]5O[C@]56[C@@H](OC)C=C(c5ccncc5)C(=O)[C@]6(C)[C@H]4CC[C@]23C)OC1=O. The Labute approximate surface area is 249 Å². The van der Waals surface area contributed by atoms with Gasteiger partial charge in [-0.1, -0.05) is 19.4 Å². The van der Waals surface area contributed by atoms with Crippen molar-refractivity contribution in [2.45, 2.75) is 90.1 Å². The van der Waals surface area contributed by atoms with Gasteiger partial charge in [-0.25, -0.2) is 4.79 Å². The molecule has 0 bridgehead atoms. The van der Waals surface area contributed by atoms with Gasteiger partial charge in [0.2, 0.25) is 0 Å². The number of methoxy groups -OCH3 is 2. The topological polar surface area (TPSA) is 87.2 Å². The van der Waals surface area contributed by atoms with Crippen LogP contribution in [0.1, 0.15) is 71.8 Å². The average Bonchev–Trinajstić information content (AvgIpc) is 3.60. The van der Waals surface area contributed by atoms with Crippen LogP contribution in [0.4, 0.5) is 0 Å². The van der Waals surface area contributed by atoms with E-state index >= 15 is 0 Å². The Hall–Kier alpha value is -2.35. The minimum Gasteiger partial charge on any atom is -0.458 e. The standard InChI is InChI=1S/C35H45NO6/c1-19-15-28(41-32(38)24(19)18-39-5)20(2)25-7-8-26-23-17-30-35(42-30)29(40-6)16-22(21-10-13-36-14-11-21)31(37)34(35,4)27(23)9-12-33(25,26)3/h10-11,13-14,16,20,23,25-30H,7-9,12,15,17-18H2,1-6H3/t20-,23-,25+,26-,27-,28+,29-,30+,33+,34-,35+/m0/s1. The fourth-order valence-corrected chi connectivity index (χ4v) is 10.9. The van der Waals surface area contributed by atoms with E-state index in [1.165, 1.54) is 0 Å². The van der Waals surface area contributed by atoms with Crippen LogP contribution in [-0.4, -0.2) is 61.5 Å². The Morgan fingerprint density at radius 2 is 1.86 bits per heavy atom. The molecular weight excluding hydrogens is 530 g/mol. The Morgan fingerprint density at radius 3 is 2.55 bits per heavy atom. The lowest BCUT2D eigenvalue weighted by atomic mass is 9.43. The number of fused-ring (bicyclic) bond motifs is 4. The summed E-state index contributed by atoms with van der Waals surface area (Å²) in [5, 5.41) is 0. The van der Waals surface area contributed by atoms with Gasteiger partial charge in [-0.2, -0.15) is 0 Å². The number of cyclic esters (lactones) is 1. The van der Waals surface area contributed by atoms with E-state index in [4.69, 9.17) is 18.9 Å². The van der Waals surface area contributed by atoms with E-state index in [0.717, 1.165) is 55.2 Å². The van der Waals surface area contributed by atoms with Gasteiger partial charge < -0.3 is 18.9 Å². The molecule has 1 saturated heterocycles. The number of ether oxygens (including phenoxy) is 4. The highest BCUT2D eigenvalue weighted by Crippen LogP contribution is 2.74. The lowest BCUT2D eigenvalue weighted by molar-refractivity contribution is -0.156. The maximum atomic E-state index is 14.6. The number of pyridine rings is 1. The quantitative estimate of drug-likeness (QED) is 0.323. The van der Waals surface area contributed by atoms with Crippen molar-refractivity contribution in [3.05, 3.63) is 47.3 Å². The van der Waals surface area contributed by atoms with E-state index in [-0.39, 0.29) is 47.3 Å². The Morgan fingerprint density at radius 1 is 1.10 bits per heavy atom. The molecule has 3 heterocycles. The number of rotatable bonds is 6. The fourth-order valence-electron chi connectivity index (χ4n) is 10.9. The molecule has 2 aliphatic heterocycles. The summed E-state index contributed by atoms with van der Waals surface area (Å²) in [5.41, 5.74) is 2.35. The molecule has 6 aliphatic rings. The van der Waals surface area contributed by atoms with Gasteiger partial charge in [0.15, 0.2) is 5.78 Å². The molecule has 0 aromatic carbocycles. The zero-order valence-electron chi connectivity index (χ0n) is 25.9. The third-order valence-corrected chi connectivity index (χ3v) is 13.0. The van der Waals surface area contributed by atoms with Gasteiger partial charge in [-0.15, -0.1) is 0 Å². The van der Waals surface area contributed by atoms with Crippen LogP contribution >= 0.6 is 0 Å². The number of allylic oxidation sites excluding steroid dienone is 1. The third-order valence-electron chi connectivity index (χ3n) is 13.0. The second-order valence-electron chi connectivity index (χ2n) is 14.4. The van der Waals surface area contributed by atoms with Crippen molar-refractivity contribution in [2.24, 2.45) is 40.4 Å². The van der Waals surface area contributed by atoms with Crippen molar-refractivity contribution in [1.82, 2.24) is 4.98 Å². The predicted molar refractivity (Wildman–Crippen MR) is 157 cm³/mol. The number of carbonyl (C=O) groups is 2. The van der Waals surface area contributed by atoms with E-state index in [2.05, 4.69) is 25.8 Å². The lowest BCUT2D eigenvalue weighted by Crippen LogP contribution is -2.64. The Bertz CT molecular complexity index is 1350. The van der Waals surface area contributed by atoms with Gasteiger partial charge in [0.05, 0.1) is 23.7 Å². The number of aromatic nitrogens is 1. The van der Waals surface area contributed by atoms with Crippen molar-refractivity contribution >= 4 is 17.3 Å². The maximum Gasteiger partial charge on any atom is 0.336 e. The van der Waals surface area contributed by atoms with Gasteiger partial charge in [-0.3, -0.25) is 9.78 Å². The number of hydrogen-bond acceptors (Lipinski definition) is 7. The molecule has 1 aromatic heterocycles. The van der Waals surface area contributed by atoms with Crippen molar-refractivity contribution < 1.29 is 28.5 Å². The van der Waals surface area contributed by atoms with Crippen LogP contribution in [0.5, 0.6) is 0 Å². The first kappa shape index (κ1) is 28.4. The second-order valence-corrected chi connectivity index (χ2v) is 14.4. The fraction of sp³-hybridized carbons (Fsp3) is 0.686. The first-order chi connectivity index (χ1) is 20.1. The van der Waals surface area contributed by atoms with E-state index in [1.807, 2.05) is 25.1 Å². The van der Waals surface area contributed by atoms with Crippen molar-refractivity contribution in [2.75, 3.05) is 20.8 Å². The molecule has 0 radical (unpaired) electrons. The number of ketones is 1. The van der Waals surface area contributed by atoms with E-state index in [0.29, 0.717) is 29.9 Å². The minimum absolute atomic E-state index is 0.0398. The number of carbonyl (C=O) groups excluding carboxylic acids is 2. The predicted octanol–water partition coefficient (Wildman–Crippen LogP) is 5.58. The van der Waals surface area contributed by atoms with E-state index in [1.54, 1.807) is 26.6 Å². The number of epoxide rings is 1. The molecule has 226 valence electrons. The molecule has 3 saturated carbocycles. The summed E-state index contributed by atoms with van der Waals surface area (Å²) in [7, 11) is 3.36. The average molecular weight is 576 g/mol. The van der Waals surface area contributed by atoms with E-state index < -0.39 is 11.0 Å². The molecule has 4 fully saturated rings. The Balaban J connectivity index is 1.18. The van der Waals surface area contributed by atoms with Gasteiger partial charge in [0, 0.05) is 38.6 Å². The summed E-state index contributed by atoms with van der Waals surface area (Å²) in [6.45, 7) is 9.34. The van der Waals surface area contributed by atoms with Gasteiger partial charge in [-0.05, 0) is 105 Å². The first-order valence-electron chi connectivity index (χ1n) is 15.9. The molecule has 4 aliphatic carbocycles. The van der Waals surface area contributed by atoms with Crippen LogP contribution in [0.2, 0.25) is 0 Å². The molecule has 7 heteroatoms. The highest BCUT2D eigenvalue weighted by atomic mass is 16.6. The number of Topliss-reactive ketones (excluding diaryl/α,β-unsaturated/α-hetero) is 1. The Kier molecular flexibility index (Phi) is 6.65. The second kappa shape index (κ2) is 9.83. The van der Waals surface area contributed by atoms with Crippen molar-refractivity contribution in [3.8, 4) is 0 Å². The summed E-state index contributed by atoms with van der Waals surface area (Å²) in [6, 6.07) is 3.86. The van der Waals surface area contributed by atoms with Crippen LogP contribution < -0.4 is 0 Å². The monoisotopic (exact) mass is 575 g/mol. The van der Waals surface area contributed by atoms with Gasteiger partial charge in [0.1, 0.15) is 17.8 Å². The number of esters is 1. The smallest absolute Gasteiger partial charge is 0.336 e. The highest BCUT2D eigenvalue weighted by molar-refractivity contribution is 6.25. The molecule has 11 atom stereocenters. The van der Waals surface area contributed by atoms with Crippen molar-refractivity contribution in [3.63, 3.8) is 0 Å². The summed E-state index contributed by atoms with van der Waals surface area (Å²) in [5.74, 6) is 1.91. The zero-order valence-corrected chi connectivity index (χ0v) is 25.9. The lowest BCUT2D eigenvalue weighted by Gasteiger charge is -2.59. The molecule has 7 rings (SSSR count). The first-order valence-corrected chi connectivity index (χ1v) is 15.9. The van der Waals surface area contributed by atoms with E-state index in [9.17, 15) is 9.59 Å². The number of hydrogen-bond donors (Lipinski definition) is 0. The summed E-state index contributed by atoms with van der Waals surface area (Å²) in [4.78, 5) is 31.7. The van der Waals surface area contributed by atoms with Crippen molar-refractivity contribution in [1.29, 1.82) is 0 Å². The molecular formula is C35H45NO6. The zero-order chi connectivity index (χ0) is 29.6.